The SMILES string of the molecule is N#CCSc1nc2ccc(Nc3nc(N4CCOCC4)nc(N4CCOCC4)n3)cc2s1. The third-order valence-corrected chi connectivity index (χ3v) is 7.11. The number of thiazole rings is 1. The number of anilines is 4. The van der Waals surface area contributed by atoms with Crippen molar-refractivity contribution in [2.24, 2.45) is 0 Å². The monoisotopic (exact) mass is 470 g/mol. The zero-order valence-electron chi connectivity index (χ0n) is 17.4. The summed E-state index contributed by atoms with van der Waals surface area (Å²) in [5.41, 5.74) is 1.80. The molecule has 10 nitrogen and oxygen atoms in total. The molecule has 0 bridgehead atoms. The molecule has 1 aromatic carbocycles. The molecule has 0 atom stereocenters. The number of hydrogen-bond acceptors (Lipinski definition) is 12. The number of benzene rings is 1. The molecule has 2 aromatic heterocycles. The molecule has 0 spiro atoms. The molecule has 4 heterocycles. The van der Waals surface area contributed by atoms with E-state index >= 15 is 0 Å². The number of ether oxygens (including phenoxy) is 2. The van der Waals surface area contributed by atoms with Gasteiger partial charge in [-0.15, -0.1) is 11.3 Å². The van der Waals surface area contributed by atoms with E-state index in [2.05, 4.69) is 26.2 Å². The summed E-state index contributed by atoms with van der Waals surface area (Å²) < 4.78 is 12.9. The highest BCUT2D eigenvalue weighted by Gasteiger charge is 2.21. The fourth-order valence-corrected chi connectivity index (χ4v) is 5.25. The van der Waals surface area contributed by atoms with Gasteiger partial charge in [-0.25, -0.2) is 4.98 Å². The van der Waals surface area contributed by atoms with Crippen molar-refractivity contribution < 1.29 is 9.47 Å². The summed E-state index contributed by atoms with van der Waals surface area (Å²) in [5, 5.41) is 12.1. The zero-order valence-corrected chi connectivity index (χ0v) is 19.0. The third-order valence-electron chi connectivity index (χ3n) is 5.08. The molecule has 2 fully saturated rings. The van der Waals surface area contributed by atoms with E-state index in [0.29, 0.717) is 50.0 Å². The van der Waals surface area contributed by atoms with Gasteiger partial charge in [0.1, 0.15) is 0 Å². The highest BCUT2D eigenvalue weighted by Crippen LogP contribution is 2.32. The van der Waals surface area contributed by atoms with Crippen molar-refractivity contribution in [2.75, 3.05) is 73.5 Å². The topological polar surface area (TPSA) is 112 Å². The first kappa shape index (κ1) is 21.1. The fourth-order valence-electron chi connectivity index (χ4n) is 3.49. The largest absolute Gasteiger partial charge is 0.378 e. The van der Waals surface area contributed by atoms with Crippen molar-refractivity contribution in [3.63, 3.8) is 0 Å². The van der Waals surface area contributed by atoms with Crippen molar-refractivity contribution in [1.82, 2.24) is 19.9 Å². The van der Waals surface area contributed by atoms with Crippen molar-refractivity contribution in [2.45, 2.75) is 4.34 Å². The van der Waals surface area contributed by atoms with Crippen LogP contribution in [0.5, 0.6) is 0 Å². The van der Waals surface area contributed by atoms with Crippen LogP contribution in [0.25, 0.3) is 10.2 Å². The normalized spacial score (nSPS) is 16.8. The maximum Gasteiger partial charge on any atom is 0.233 e. The van der Waals surface area contributed by atoms with Gasteiger partial charge in [-0.05, 0) is 18.2 Å². The van der Waals surface area contributed by atoms with Gasteiger partial charge < -0.3 is 24.6 Å². The Kier molecular flexibility index (Phi) is 6.49. The second-order valence-electron chi connectivity index (χ2n) is 7.19. The summed E-state index contributed by atoms with van der Waals surface area (Å²) in [4.78, 5) is 23.0. The van der Waals surface area contributed by atoms with Crippen molar-refractivity contribution in [3.05, 3.63) is 18.2 Å². The van der Waals surface area contributed by atoms with Crippen LogP contribution in [0, 0.1) is 11.3 Å². The van der Waals surface area contributed by atoms with E-state index in [-0.39, 0.29) is 0 Å². The summed E-state index contributed by atoms with van der Waals surface area (Å²) >= 11 is 3.03. The molecule has 3 aromatic rings. The molecule has 12 heteroatoms. The lowest BCUT2D eigenvalue weighted by Gasteiger charge is -2.30. The highest BCUT2D eigenvalue weighted by molar-refractivity contribution is 8.01. The van der Waals surface area contributed by atoms with Crippen molar-refractivity contribution in [1.29, 1.82) is 5.26 Å². The Labute approximate surface area is 193 Å². The van der Waals surface area contributed by atoms with Crippen LogP contribution in [0.1, 0.15) is 0 Å². The van der Waals surface area contributed by atoms with E-state index in [1.165, 1.54) is 11.8 Å². The van der Waals surface area contributed by atoms with Gasteiger partial charge in [0, 0.05) is 31.9 Å². The Morgan fingerprint density at radius 3 is 2.25 bits per heavy atom. The predicted molar refractivity (Wildman–Crippen MR) is 125 cm³/mol. The number of nitrogens with one attached hydrogen (secondary N) is 1. The maximum absolute atomic E-state index is 8.80. The number of hydrogen-bond donors (Lipinski definition) is 1. The molecule has 2 aliphatic heterocycles. The molecule has 0 amide bonds. The predicted octanol–water partition coefficient (Wildman–Crippen LogP) is 2.51. The summed E-state index contributed by atoms with van der Waals surface area (Å²) in [6.45, 7) is 5.66. The number of fused-ring (bicyclic) bond motifs is 1. The smallest absolute Gasteiger partial charge is 0.233 e. The number of morpholine rings is 2. The van der Waals surface area contributed by atoms with Crippen LogP contribution >= 0.6 is 23.1 Å². The molecule has 0 aliphatic carbocycles. The van der Waals surface area contributed by atoms with Gasteiger partial charge in [0.2, 0.25) is 17.8 Å². The van der Waals surface area contributed by atoms with Crippen LogP contribution in [0.15, 0.2) is 22.5 Å². The van der Waals surface area contributed by atoms with Gasteiger partial charge in [0.25, 0.3) is 0 Å². The summed E-state index contributed by atoms with van der Waals surface area (Å²) in [6.07, 6.45) is 0. The van der Waals surface area contributed by atoms with Gasteiger partial charge >= 0.3 is 0 Å². The van der Waals surface area contributed by atoms with Crippen LogP contribution in [0.4, 0.5) is 23.5 Å². The Hall–Kier alpha value is -2.72. The van der Waals surface area contributed by atoms with Crippen LogP contribution in [0.2, 0.25) is 0 Å². The van der Waals surface area contributed by atoms with Crippen molar-refractivity contribution in [3.8, 4) is 6.07 Å². The highest BCUT2D eigenvalue weighted by atomic mass is 32.2. The number of nitrogens with zero attached hydrogens (tertiary/aromatic N) is 7. The summed E-state index contributed by atoms with van der Waals surface area (Å²) in [5.74, 6) is 2.21. The van der Waals surface area contributed by atoms with Crippen LogP contribution < -0.4 is 15.1 Å². The standard InChI is InChI=1S/C20H22N8O2S2/c21-3-12-31-20-23-15-2-1-14(13-16(15)32-20)22-17-24-18(27-4-8-29-9-5-27)26-19(25-17)28-6-10-30-11-7-28/h1-2,13H,4-12H2,(H,22,24,25,26). The Morgan fingerprint density at radius 1 is 0.969 bits per heavy atom. The van der Waals surface area contributed by atoms with E-state index in [1.54, 1.807) is 11.3 Å². The lowest BCUT2D eigenvalue weighted by Crippen LogP contribution is -2.40. The van der Waals surface area contributed by atoms with E-state index in [9.17, 15) is 0 Å². The average Bonchev–Trinajstić information content (AvgIpc) is 3.26. The zero-order chi connectivity index (χ0) is 21.8. The van der Waals surface area contributed by atoms with E-state index < -0.39 is 0 Å². The number of rotatable bonds is 6. The minimum absolute atomic E-state index is 0.393. The van der Waals surface area contributed by atoms with Gasteiger partial charge in [-0.2, -0.15) is 20.2 Å². The van der Waals surface area contributed by atoms with Gasteiger partial charge in [-0.3, -0.25) is 0 Å². The Balaban J connectivity index is 1.43. The lowest BCUT2D eigenvalue weighted by molar-refractivity contribution is 0.121. The number of aromatic nitrogens is 4. The van der Waals surface area contributed by atoms with Crippen LogP contribution in [-0.2, 0) is 9.47 Å². The third kappa shape index (κ3) is 4.86. The quantitative estimate of drug-likeness (QED) is 0.536. The minimum Gasteiger partial charge on any atom is -0.378 e. The molecule has 2 saturated heterocycles. The van der Waals surface area contributed by atoms with E-state index in [1.807, 2.05) is 18.2 Å². The Morgan fingerprint density at radius 2 is 1.62 bits per heavy atom. The average molecular weight is 471 g/mol. The molecule has 0 radical (unpaired) electrons. The molecule has 0 saturated carbocycles. The molecular weight excluding hydrogens is 448 g/mol. The second-order valence-corrected chi connectivity index (χ2v) is 9.45. The first-order chi connectivity index (χ1) is 15.8. The fraction of sp³-hybridized carbons (Fsp3) is 0.450. The van der Waals surface area contributed by atoms with Gasteiger partial charge in [0.15, 0.2) is 4.34 Å². The van der Waals surface area contributed by atoms with Gasteiger partial charge in [-0.1, -0.05) is 11.8 Å². The van der Waals surface area contributed by atoms with Crippen molar-refractivity contribution >= 4 is 56.8 Å². The van der Waals surface area contributed by atoms with Crippen LogP contribution in [0.3, 0.4) is 0 Å². The molecule has 166 valence electrons. The maximum atomic E-state index is 8.80. The summed E-state index contributed by atoms with van der Waals surface area (Å²) in [7, 11) is 0. The summed E-state index contributed by atoms with van der Waals surface area (Å²) in [6, 6.07) is 8.11. The molecule has 0 unspecified atom stereocenters. The molecular formula is C20H22N8O2S2. The lowest BCUT2D eigenvalue weighted by atomic mass is 10.3. The van der Waals surface area contributed by atoms with Crippen LogP contribution in [-0.4, -0.2) is 78.3 Å². The second kappa shape index (κ2) is 9.83. The molecule has 2 aliphatic rings. The molecule has 32 heavy (non-hydrogen) atoms. The van der Waals surface area contributed by atoms with Gasteiger partial charge in [0.05, 0.1) is 48.5 Å². The van der Waals surface area contributed by atoms with E-state index in [0.717, 1.165) is 46.4 Å². The molecule has 5 rings (SSSR count). The number of nitriles is 1. The number of thioether (sulfide) groups is 1. The Bertz CT molecular complexity index is 1090. The first-order valence-electron chi connectivity index (χ1n) is 10.4. The molecule has 1 N–H and O–H groups in total. The minimum atomic E-state index is 0.393. The first-order valence-corrected chi connectivity index (χ1v) is 12.2. The van der Waals surface area contributed by atoms with E-state index in [4.69, 9.17) is 29.7 Å².